The molecule has 9 heteroatoms. The highest BCUT2D eigenvalue weighted by Gasteiger charge is 2.25. The number of hydrogen-bond acceptors (Lipinski definition) is 6. The molecule has 3 heterocycles. The fourth-order valence-corrected chi connectivity index (χ4v) is 5.11. The Morgan fingerprint density at radius 2 is 1.92 bits per heavy atom. The van der Waals surface area contributed by atoms with Gasteiger partial charge in [-0.2, -0.15) is 0 Å². The number of anilines is 1. The lowest BCUT2D eigenvalue weighted by atomic mass is 10.0. The molecule has 0 spiro atoms. The second-order valence-corrected chi connectivity index (χ2v) is 9.05. The molecule has 0 saturated carbocycles. The summed E-state index contributed by atoms with van der Waals surface area (Å²) in [6.07, 6.45) is 1.54. The summed E-state index contributed by atoms with van der Waals surface area (Å²) >= 11 is 1.23. The summed E-state index contributed by atoms with van der Waals surface area (Å²) in [6, 6.07) is 16.9. The smallest absolute Gasteiger partial charge is 0.341 e. The number of aromatic nitrogens is 1. The lowest BCUT2D eigenvalue weighted by molar-refractivity contribution is 0.0529. The number of carbonyl (C=O) groups is 2. The average Bonchev–Trinajstić information content (AvgIpc) is 3.60. The van der Waals surface area contributed by atoms with Crippen molar-refractivity contribution in [3.8, 4) is 16.9 Å². The lowest BCUT2D eigenvalue weighted by Gasteiger charge is -2.12. The van der Waals surface area contributed by atoms with Gasteiger partial charge in [-0.15, -0.1) is 11.3 Å². The second-order valence-electron chi connectivity index (χ2n) is 8.17. The topological polar surface area (TPSA) is 82.7 Å². The number of carbonyl (C=O) groups excluding carboxylic acids is 2. The molecule has 0 saturated heterocycles. The highest BCUT2D eigenvalue weighted by molar-refractivity contribution is 7.15. The van der Waals surface area contributed by atoms with Crippen molar-refractivity contribution in [3.05, 3.63) is 94.9 Å². The van der Waals surface area contributed by atoms with Crippen molar-refractivity contribution in [1.29, 1.82) is 0 Å². The van der Waals surface area contributed by atoms with Crippen molar-refractivity contribution in [2.45, 2.75) is 13.5 Å². The van der Waals surface area contributed by atoms with Crippen LogP contribution in [0.3, 0.4) is 0 Å². The zero-order chi connectivity index (χ0) is 25.9. The van der Waals surface area contributed by atoms with Crippen LogP contribution in [0.4, 0.5) is 9.39 Å². The normalized spacial score (nSPS) is 11.0. The third-order valence-corrected chi connectivity index (χ3v) is 6.78. The van der Waals surface area contributed by atoms with Crippen LogP contribution in [0.15, 0.2) is 76.7 Å². The van der Waals surface area contributed by atoms with E-state index in [0.29, 0.717) is 38.7 Å². The highest BCUT2D eigenvalue weighted by Crippen LogP contribution is 2.37. The number of furan rings is 1. The van der Waals surface area contributed by atoms with Crippen LogP contribution >= 0.6 is 11.3 Å². The number of benzene rings is 2. The first-order valence-electron chi connectivity index (χ1n) is 11.5. The number of esters is 1. The number of rotatable bonds is 8. The number of amides is 1. The van der Waals surface area contributed by atoms with E-state index >= 15 is 0 Å². The summed E-state index contributed by atoms with van der Waals surface area (Å²) in [7, 11) is 1.58. The van der Waals surface area contributed by atoms with Crippen molar-refractivity contribution in [1.82, 2.24) is 4.57 Å². The highest BCUT2D eigenvalue weighted by atomic mass is 32.1. The van der Waals surface area contributed by atoms with E-state index in [1.165, 1.54) is 29.7 Å². The lowest BCUT2D eigenvalue weighted by Crippen LogP contribution is -2.19. The van der Waals surface area contributed by atoms with Gasteiger partial charge < -0.3 is 23.8 Å². The van der Waals surface area contributed by atoms with Crippen LogP contribution in [0.25, 0.3) is 22.2 Å². The van der Waals surface area contributed by atoms with Gasteiger partial charge in [-0.05, 0) is 42.3 Å². The predicted molar refractivity (Wildman–Crippen MR) is 140 cm³/mol. The monoisotopic (exact) mass is 518 g/mol. The molecule has 37 heavy (non-hydrogen) atoms. The van der Waals surface area contributed by atoms with Gasteiger partial charge in [0.15, 0.2) is 5.58 Å². The van der Waals surface area contributed by atoms with E-state index < -0.39 is 11.9 Å². The second kappa shape index (κ2) is 10.3. The molecule has 0 atom stereocenters. The molecule has 3 aromatic heterocycles. The van der Waals surface area contributed by atoms with Gasteiger partial charge in [0.25, 0.3) is 5.91 Å². The van der Waals surface area contributed by atoms with E-state index in [9.17, 15) is 14.0 Å². The summed E-state index contributed by atoms with van der Waals surface area (Å²) in [5, 5.41) is 5.06. The third-order valence-electron chi connectivity index (χ3n) is 5.88. The average molecular weight is 519 g/mol. The van der Waals surface area contributed by atoms with Gasteiger partial charge in [-0.25, -0.2) is 9.18 Å². The van der Waals surface area contributed by atoms with Crippen molar-refractivity contribution >= 4 is 39.3 Å². The van der Waals surface area contributed by atoms with Crippen molar-refractivity contribution in [3.63, 3.8) is 0 Å². The molecule has 0 aliphatic rings. The summed E-state index contributed by atoms with van der Waals surface area (Å²) in [4.78, 5) is 26.5. The molecular weight excluding hydrogens is 495 g/mol. The number of halogens is 1. The van der Waals surface area contributed by atoms with Gasteiger partial charge >= 0.3 is 5.97 Å². The fourth-order valence-electron chi connectivity index (χ4n) is 4.16. The van der Waals surface area contributed by atoms with Crippen LogP contribution in [0.1, 0.15) is 33.3 Å². The molecule has 188 valence electrons. The number of hydrogen-bond donors (Lipinski definition) is 1. The van der Waals surface area contributed by atoms with Crippen LogP contribution in [0.2, 0.25) is 0 Å². The number of thiophene rings is 1. The molecule has 0 bridgehead atoms. The molecule has 0 aliphatic carbocycles. The van der Waals surface area contributed by atoms with Gasteiger partial charge in [0, 0.05) is 29.6 Å². The standard InChI is InChI=1S/C28H23FN2O5S/c1-3-35-28(33)25-21(18-7-9-20(34-2)10-8-18)16-37-27(25)30-26(32)23-14-24-22(11-12-36-24)31(23)15-17-5-4-6-19(29)13-17/h4-14,16H,3,15H2,1-2H3,(H,30,32). The van der Waals surface area contributed by atoms with Gasteiger partial charge in [-0.1, -0.05) is 24.3 Å². The molecule has 0 aliphatic heterocycles. The van der Waals surface area contributed by atoms with E-state index in [0.717, 1.165) is 5.56 Å². The number of fused-ring (bicyclic) bond motifs is 1. The van der Waals surface area contributed by atoms with Gasteiger partial charge in [0.05, 0.1) is 25.5 Å². The summed E-state index contributed by atoms with van der Waals surface area (Å²) in [6.45, 7) is 2.18. The first-order valence-corrected chi connectivity index (χ1v) is 12.4. The number of nitrogens with zero attached hydrogens (tertiary/aromatic N) is 1. The Morgan fingerprint density at radius 1 is 1.11 bits per heavy atom. The molecule has 2 aromatic carbocycles. The predicted octanol–water partition coefficient (Wildman–Crippen LogP) is 6.59. The molecule has 5 aromatic rings. The summed E-state index contributed by atoms with van der Waals surface area (Å²) in [5.41, 5.74) is 3.93. The van der Waals surface area contributed by atoms with Crippen LogP contribution < -0.4 is 10.1 Å². The number of nitrogens with one attached hydrogen (secondary N) is 1. The summed E-state index contributed by atoms with van der Waals surface area (Å²) in [5.74, 6) is -0.637. The molecule has 0 unspecified atom stereocenters. The fraction of sp³-hybridized carbons (Fsp3) is 0.143. The van der Waals surface area contributed by atoms with Crippen molar-refractivity contribution < 1.29 is 27.9 Å². The molecule has 1 N–H and O–H groups in total. The first-order chi connectivity index (χ1) is 18.0. The van der Waals surface area contributed by atoms with E-state index in [-0.39, 0.29) is 24.5 Å². The molecule has 5 rings (SSSR count). The maximum atomic E-state index is 13.8. The molecule has 0 fully saturated rings. The maximum Gasteiger partial charge on any atom is 0.341 e. The Labute approximate surface area is 216 Å². The number of methoxy groups -OCH3 is 1. The minimum Gasteiger partial charge on any atom is -0.497 e. The Balaban J connectivity index is 1.51. The largest absolute Gasteiger partial charge is 0.497 e. The van der Waals surface area contributed by atoms with Crippen LogP contribution in [0.5, 0.6) is 5.75 Å². The van der Waals surface area contributed by atoms with Crippen LogP contribution in [-0.2, 0) is 11.3 Å². The van der Waals surface area contributed by atoms with Crippen molar-refractivity contribution in [2.75, 3.05) is 19.0 Å². The van der Waals surface area contributed by atoms with E-state index in [1.54, 1.807) is 60.4 Å². The minimum atomic E-state index is -0.534. The summed E-state index contributed by atoms with van der Waals surface area (Å²) < 4.78 is 31.6. The van der Waals surface area contributed by atoms with E-state index in [4.69, 9.17) is 13.9 Å². The molecule has 0 radical (unpaired) electrons. The molecular formula is C28H23FN2O5S. The van der Waals surface area contributed by atoms with Gasteiger partial charge in [-0.3, -0.25) is 4.79 Å². The zero-order valence-corrected chi connectivity index (χ0v) is 20.9. The SMILES string of the molecule is CCOC(=O)c1c(-c2ccc(OC)cc2)csc1NC(=O)c1cc2occc2n1Cc1cccc(F)c1. The Morgan fingerprint density at radius 3 is 2.65 bits per heavy atom. The van der Waals surface area contributed by atoms with Crippen LogP contribution in [0, 0.1) is 5.82 Å². The Kier molecular flexibility index (Phi) is 6.78. The minimum absolute atomic E-state index is 0.191. The zero-order valence-electron chi connectivity index (χ0n) is 20.1. The van der Waals surface area contributed by atoms with E-state index in [1.807, 2.05) is 12.1 Å². The third kappa shape index (κ3) is 4.85. The van der Waals surface area contributed by atoms with Gasteiger partial charge in [0.1, 0.15) is 27.8 Å². The molecule has 7 nitrogen and oxygen atoms in total. The quantitative estimate of drug-likeness (QED) is 0.234. The Bertz CT molecular complexity index is 1580. The van der Waals surface area contributed by atoms with Crippen molar-refractivity contribution in [2.24, 2.45) is 0 Å². The first kappa shape index (κ1) is 24.3. The Hall–Kier alpha value is -4.37. The molecule has 1 amide bonds. The van der Waals surface area contributed by atoms with Crippen LogP contribution in [-0.4, -0.2) is 30.2 Å². The number of ether oxygens (including phenoxy) is 2. The van der Waals surface area contributed by atoms with E-state index in [2.05, 4.69) is 5.32 Å². The maximum absolute atomic E-state index is 13.8. The van der Waals surface area contributed by atoms with Gasteiger partial charge in [0.2, 0.25) is 0 Å².